The molecular weight excluding hydrogens is 278 g/mol. The first kappa shape index (κ1) is 15.0. The van der Waals surface area contributed by atoms with Crippen molar-refractivity contribution < 1.29 is 9.90 Å². The van der Waals surface area contributed by atoms with E-state index in [1.165, 1.54) is 0 Å². The Bertz CT molecular complexity index is 705. The van der Waals surface area contributed by atoms with E-state index in [2.05, 4.69) is 18.8 Å². The number of fused-ring (bicyclic) bond motifs is 1. The molecule has 2 aromatic rings. The highest BCUT2D eigenvalue weighted by atomic mass is 16.3. The lowest BCUT2D eigenvalue weighted by atomic mass is 9.81. The van der Waals surface area contributed by atoms with Crippen molar-refractivity contribution in [2.24, 2.45) is 5.41 Å². The standard InChI is InChI=1S/C17H23N3O2/c1-12-5-4-6-15-18-9-14(20(12)15)16(22)19-11-17(2,3)8-7-13(19)10-21/h4-6,9,13,21H,7-8,10-11H2,1-3H3. The van der Waals surface area contributed by atoms with Gasteiger partial charge in [0.25, 0.3) is 5.91 Å². The first-order chi connectivity index (χ1) is 10.4. The number of hydrogen-bond acceptors (Lipinski definition) is 3. The third-order valence-corrected chi connectivity index (χ3v) is 4.61. The molecule has 3 heterocycles. The number of carbonyl (C=O) groups is 1. The molecule has 0 spiro atoms. The maximum absolute atomic E-state index is 13.0. The number of piperidine rings is 1. The van der Waals surface area contributed by atoms with E-state index in [1.807, 2.05) is 34.4 Å². The summed E-state index contributed by atoms with van der Waals surface area (Å²) in [5, 5.41) is 9.63. The Morgan fingerprint density at radius 1 is 1.45 bits per heavy atom. The van der Waals surface area contributed by atoms with Gasteiger partial charge in [0, 0.05) is 12.2 Å². The van der Waals surface area contributed by atoms with E-state index in [9.17, 15) is 9.90 Å². The maximum Gasteiger partial charge on any atom is 0.272 e. The van der Waals surface area contributed by atoms with Crippen LogP contribution in [-0.4, -0.2) is 44.5 Å². The number of aromatic nitrogens is 2. The summed E-state index contributed by atoms with van der Waals surface area (Å²) in [6, 6.07) is 5.70. The molecule has 22 heavy (non-hydrogen) atoms. The molecule has 1 atom stereocenters. The van der Waals surface area contributed by atoms with Crippen molar-refractivity contribution in [3.8, 4) is 0 Å². The van der Waals surface area contributed by atoms with Crippen molar-refractivity contribution in [2.75, 3.05) is 13.2 Å². The predicted octanol–water partition coefficient (Wildman–Crippen LogP) is 2.27. The largest absolute Gasteiger partial charge is 0.394 e. The van der Waals surface area contributed by atoms with Crippen molar-refractivity contribution in [3.63, 3.8) is 0 Å². The van der Waals surface area contributed by atoms with Crippen molar-refractivity contribution in [2.45, 2.75) is 39.7 Å². The number of nitrogens with zero attached hydrogens (tertiary/aromatic N) is 3. The van der Waals surface area contributed by atoms with E-state index >= 15 is 0 Å². The number of rotatable bonds is 2. The second kappa shape index (κ2) is 5.39. The van der Waals surface area contributed by atoms with Crippen LogP contribution in [0.25, 0.3) is 5.65 Å². The molecular formula is C17H23N3O2. The zero-order valence-electron chi connectivity index (χ0n) is 13.4. The van der Waals surface area contributed by atoms with Crippen LogP contribution >= 0.6 is 0 Å². The molecule has 1 N–H and O–H groups in total. The van der Waals surface area contributed by atoms with Crippen LogP contribution < -0.4 is 0 Å². The lowest BCUT2D eigenvalue weighted by Crippen LogP contribution is -2.51. The number of aliphatic hydroxyl groups excluding tert-OH is 1. The molecule has 0 saturated carbocycles. The number of amides is 1. The fourth-order valence-corrected chi connectivity index (χ4v) is 3.31. The molecule has 0 bridgehead atoms. The van der Waals surface area contributed by atoms with E-state index < -0.39 is 0 Å². The van der Waals surface area contributed by atoms with Crippen LogP contribution in [0.5, 0.6) is 0 Å². The normalized spacial score (nSPS) is 21.3. The third kappa shape index (κ3) is 2.50. The van der Waals surface area contributed by atoms with Gasteiger partial charge in [-0.15, -0.1) is 0 Å². The van der Waals surface area contributed by atoms with Crippen molar-refractivity contribution in [3.05, 3.63) is 35.8 Å². The molecule has 1 amide bonds. The zero-order chi connectivity index (χ0) is 15.9. The van der Waals surface area contributed by atoms with E-state index in [4.69, 9.17) is 0 Å². The number of aryl methyl sites for hydroxylation is 1. The Kier molecular flexibility index (Phi) is 3.68. The van der Waals surface area contributed by atoms with Gasteiger partial charge >= 0.3 is 0 Å². The highest BCUT2D eigenvalue weighted by Gasteiger charge is 2.36. The summed E-state index contributed by atoms with van der Waals surface area (Å²) in [5.74, 6) is -0.0476. The minimum atomic E-state index is -0.102. The fraction of sp³-hybridized carbons (Fsp3) is 0.529. The topological polar surface area (TPSA) is 57.8 Å². The van der Waals surface area contributed by atoms with E-state index in [0.29, 0.717) is 12.2 Å². The average Bonchev–Trinajstić information content (AvgIpc) is 2.91. The van der Waals surface area contributed by atoms with Gasteiger partial charge in [0.1, 0.15) is 11.3 Å². The van der Waals surface area contributed by atoms with Crippen LogP contribution in [-0.2, 0) is 0 Å². The Hall–Kier alpha value is -1.88. The Labute approximate surface area is 130 Å². The molecule has 3 rings (SSSR count). The van der Waals surface area contributed by atoms with Crippen molar-refractivity contribution in [1.29, 1.82) is 0 Å². The number of likely N-dealkylation sites (tertiary alicyclic amines) is 1. The average molecular weight is 301 g/mol. The second-order valence-electron chi connectivity index (χ2n) is 6.98. The lowest BCUT2D eigenvalue weighted by Gasteiger charge is -2.43. The van der Waals surface area contributed by atoms with Gasteiger partial charge in [0.2, 0.25) is 0 Å². The minimum Gasteiger partial charge on any atom is -0.394 e. The lowest BCUT2D eigenvalue weighted by molar-refractivity contribution is 0.0241. The molecule has 0 aliphatic carbocycles. The smallest absolute Gasteiger partial charge is 0.272 e. The van der Waals surface area contributed by atoms with Crippen LogP contribution in [0.15, 0.2) is 24.4 Å². The summed E-state index contributed by atoms with van der Waals surface area (Å²) < 4.78 is 1.89. The number of aliphatic hydroxyl groups is 1. The van der Waals surface area contributed by atoms with Gasteiger partial charge in [-0.05, 0) is 37.3 Å². The van der Waals surface area contributed by atoms with Gasteiger partial charge in [0.05, 0.1) is 18.8 Å². The van der Waals surface area contributed by atoms with E-state index in [-0.39, 0.29) is 24.0 Å². The molecule has 1 aliphatic rings. The van der Waals surface area contributed by atoms with Gasteiger partial charge in [-0.1, -0.05) is 19.9 Å². The van der Waals surface area contributed by atoms with Crippen molar-refractivity contribution in [1.82, 2.24) is 14.3 Å². The predicted molar refractivity (Wildman–Crippen MR) is 84.9 cm³/mol. The third-order valence-electron chi connectivity index (χ3n) is 4.61. The Morgan fingerprint density at radius 2 is 2.23 bits per heavy atom. The summed E-state index contributed by atoms with van der Waals surface area (Å²) in [4.78, 5) is 19.2. The SMILES string of the molecule is Cc1cccc2ncc(C(=O)N3CC(C)(C)CCC3CO)n12. The highest BCUT2D eigenvalue weighted by Crippen LogP contribution is 2.32. The number of hydrogen-bond donors (Lipinski definition) is 1. The summed E-state index contributed by atoms with van der Waals surface area (Å²) in [6.45, 7) is 6.98. The Morgan fingerprint density at radius 3 is 2.95 bits per heavy atom. The van der Waals surface area contributed by atoms with E-state index in [1.54, 1.807) is 6.20 Å². The molecule has 0 aromatic carbocycles. The van der Waals surface area contributed by atoms with Gasteiger partial charge in [-0.25, -0.2) is 4.98 Å². The number of pyridine rings is 1. The van der Waals surface area contributed by atoms with Crippen LogP contribution in [0.3, 0.4) is 0 Å². The van der Waals surface area contributed by atoms with Gasteiger partial charge in [0.15, 0.2) is 0 Å². The summed E-state index contributed by atoms with van der Waals surface area (Å²) in [6.07, 6.45) is 3.50. The van der Waals surface area contributed by atoms with Crippen LogP contribution in [0.2, 0.25) is 0 Å². The van der Waals surface area contributed by atoms with E-state index in [0.717, 1.165) is 24.2 Å². The monoisotopic (exact) mass is 301 g/mol. The highest BCUT2D eigenvalue weighted by molar-refractivity contribution is 5.93. The van der Waals surface area contributed by atoms with Gasteiger partial charge in [-0.3, -0.25) is 9.20 Å². The Balaban J connectivity index is 2.00. The summed E-state index contributed by atoms with van der Waals surface area (Å²) >= 11 is 0. The molecule has 5 nitrogen and oxygen atoms in total. The molecule has 118 valence electrons. The first-order valence-electron chi connectivity index (χ1n) is 7.78. The van der Waals surface area contributed by atoms with Crippen LogP contribution in [0.1, 0.15) is 42.9 Å². The minimum absolute atomic E-state index is 0.0114. The summed E-state index contributed by atoms with van der Waals surface area (Å²) in [7, 11) is 0. The van der Waals surface area contributed by atoms with Gasteiger partial charge < -0.3 is 10.0 Å². The molecule has 1 saturated heterocycles. The molecule has 1 aliphatic heterocycles. The molecule has 1 fully saturated rings. The quantitative estimate of drug-likeness (QED) is 0.925. The fourth-order valence-electron chi connectivity index (χ4n) is 3.31. The van der Waals surface area contributed by atoms with Crippen LogP contribution in [0, 0.1) is 12.3 Å². The van der Waals surface area contributed by atoms with Gasteiger partial charge in [-0.2, -0.15) is 0 Å². The van der Waals surface area contributed by atoms with Crippen LogP contribution in [0.4, 0.5) is 0 Å². The number of carbonyl (C=O) groups excluding carboxylic acids is 1. The number of imidazole rings is 1. The first-order valence-corrected chi connectivity index (χ1v) is 7.78. The second-order valence-corrected chi connectivity index (χ2v) is 6.98. The van der Waals surface area contributed by atoms with Crippen molar-refractivity contribution >= 4 is 11.6 Å². The molecule has 5 heteroatoms. The maximum atomic E-state index is 13.0. The zero-order valence-corrected chi connectivity index (χ0v) is 13.4. The molecule has 2 aromatic heterocycles. The molecule has 0 radical (unpaired) electrons. The molecule has 1 unspecified atom stereocenters. The summed E-state index contributed by atoms with van der Waals surface area (Å²) in [5.41, 5.74) is 2.41.